The Morgan fingerprint density at radius 2 is 2.10 bits per heavy atom. The highest BCUT2D eigenvalue weighted by Gasteiger charge is 2.37. The van der Waals surface area contributed by atoms with E-state index in [-0.39, 0.29) is 12.0 Å². The third-order valence-corrected chi connectivity index (χ3v) is 3.67. The maximum atomic E-state index is 9.35. The molecule has 1 aliphatic heterocycles. The minimum atomic E-state index is -0.0950. The minimum absolute atomic E-state index is 0.0950. The average molecular weight is 273 g/mol. The van der Waals surface area contributed by atoms with Crippen molar-refractivity contribution in [3.63, 3.8) is 0 Å². The normalized spacial score (nSPS) is 16.9. The third-order valence-electron chi connectivity index (χ3n) is 3.67. The number of benzene rings is 1. The van der Waals surface area contributed by atoms with Gasteiger partial charge in [-0.3, -0.25) is 5.10 Å². The van der Waals surface area contributed by atoms with E-state index in [1.807, 2.05) is 36.4 Å². The lowest BCUT2D eigenvalue weighted by molar-refractivity contribution is -0.134. The molecule has 1 aromatic heterocycles. The maximum Gasteiger partial charge on any atom is 0.0924 e. The number of hydrogen-bond donors (Lipinski definition) is 3. The maximum absolute atomic E-state index is 9.35. The number of hydrogen-bond acceptors (Lipinski definition) is 4. The summed E-state index contributed by atoms with van der Waals surface area (Å²) >= 11 is 0. The number of rotatable bonds is 6. The van der Waals surface area contributed by atoms with Crippen molar-refractivity contribution < 1.29 is 9.84 Å². The molecule has 0 unspecified atom stereocenters. The van der Waals surface area contributed by atoms with Crippen LogP contribution in [0.4, 0.5) is 0 Å². The van der Waals surface area contributed by atoms with Gasteiger partial charge < -0.3 is 15.2 Å². The van der Waals surface area contributed by atoms with Crippen molar-refractivity contribution in [1.29, 1.82) is 0 Å². The molecule has 1 saturated heterocycles. The smallest absolute Gasteiger partial charge is 0.0924 e. The van der Waals surface area contributed by atoms with Crippen LogP contribution in [0.25, 0.3) is 11.3 Å². The lowest BCUT2D eigenvalue weighted by Gasteiger charge is -2.39. The number of H-pyrrole nitrogens is 1. The van der Waals surface area contributed by atoms with Crippen molar-refractivity contribution >= 4 is 0 Å². The summed E-state index contributed by atoms with van der Waals surface area (Å²) < 4.78 is 5.17. The summed E-state index contributed by atoms with van der Waals surface area (Å²) in [5.41, 5.74) is 3.00. The second-order valence-corrected chi connectivity index (χ2v) is 5.40. The van der Waals surface area contributed by atoms with E-state index in [4.69, 9.17) is 4.74 Å². The van der Waals surface area contributed by atoms with Gasteiger partial charge in [-0.25, -0.2) is 0 Å². The zero-order valence-electron chi connectivity index (χ0n) is 11.3. The molecular formula is C15H19N3O2. The second-order valence-electron chi connectivity index (χ2n) is 5.40. The minimum Gasteiger partial charge on any atom is -0.396 e. The predicted molar refractivity (Wildman–Crippen MR) is 76.1 cm³/mol. The zero-order chi connectivity index (χ0) is 13.8. The number of aromatic amines is 1. The molecule has 0 bridgehead atoms. The molecule has 3 rings (SSSR count). The highest BCUT2D eigenvalue weighted by atomic mass is 16.5. The number of nitrogens with zero attached hydrogens (tertiary/aromatic N) is 1. The first-order valence-electron chi connectivity index (χ1n) is 6.80. The first-order valence-corrected chi connectivity index (χ1v) is 6.80. The van der Waals surface area contributed by atoms with Crippen LogP contribution in [-0.2, 0) is 11.3 Å². The van der Waals surface area contributed by atoms with Crippen LogP contribution >= 0.6 is 0 Å². The van der Waals surface area contributed by atoms with Gasteiger partial charge in [0.2, 0.25) is 0 Å². The molecule has 1 fully saturated rings. The molecule has 1 aliphatic rings. The fraction of sp³-hybridized carbons (Fsp3) is 0.400. The molecule has 1 aromatic carbocycles. The first-order chi connectivity index (χ1) is 9.81. The van der Waals surface area contributed by atoms with Crippen LogP contribution in [0.3, 0.4) is 0 Å². The molecule has 0 amide bonds. The standard InChI is InChI=1S/C15H19N3O2/c19-9-15(10-20-11-15)8-16-7-13-6-14(18-17-13)12-4-2-1-3-5-12/h1-6,16,19H,7-11H2,(H,17,18). The van der Waals surface area contributed by atoms with Crippen molar-refractivity contribution in [2.24, 2.45) is 5.41 Å². The van der Waals surface area contributed by atoms with Gasteiger partial charge in [0.25, 0.3) is 0 Å². The van der Waals surface area contributed by atoms with Gasteiger partial charge >= 0.3 is 0 Å². The molecule has 2 heterocycles. The lowest BCUT2D eigenvalue weighted by atomic mass is 9.87. The van der Waals surface area contributed by atoms with Gasteiger partial charge in [0.1, 0.15) is 0 Å². The van der Waals surface area contributed by atoms with Crippen molar-refractivity contribution in [1.82, 2.24) is 15.5 Å². The van der Waals surface area contributed by atoms with E-state index in [1.54, 1.807) is 0 Å². The number of aliphatic hydroxyl groups is 1. The summed E-state index contributed by atoms with van der Waals surface area (Å²) in [4.78, 5) is 0. The number of aliphatic hydroxyl groups excluding tert-OH is 1. The Morgan fingerprint density at radius 1 is 1.30 bits per heavy atom. The van der Waals surface area contributed by atoms with Gasteiger partial charge in [-0.1, -0.05) is 30.3 Å². The topological polar surface area (TPSA) is 70.2 Å². The summed E-state index contributed by atoms with van der Waals surface area (Å²) in [6.45, 7) is 2.90. The van der Waals surface area contributed by atoms with Gasteiger partial charge in [0.15, 0.2) is 0 Å². The summed E-state index contributed by atoms with van der Waals surface area (Å²) in [6, 6.07) is 12.1. The largest absolute Gasteiger partial charge is 0.396 e. The van der Waals surface area contributed by atoms with Gasteiger partial charge in [0.05, 0.1) is 30.9 Å². The first kappa shape index (κ1) is 13.3. The van der Waals surface area contributed by atoms with Crippen LogP contribution in [0, 0.1) is 5.41 Å². The van der Waals surface area contributed by atoms with Crippen LogP contribution in [0.2, 0.25) is 0 Å². The van der Waals surface area contributed by atoms with Gasteiger partial charge in [-0.15, -0.1) is 0 Å². The molecule has 2 aromatic rings. The van der Waals surface area contributed by atoms with Gasteiger partial charge in [-0.2, -0.15) is 5.10 Å². The van der Waals surface area contributed by atoms with Crippen molar-refractivity contribution in [2.75, 3.05) is 26.4 Å². The molecule has 0 atom stereocenters. The van der Waals surface area contributed by atoms with Crippen molar-refractivity contribution in [3.8, 4) is 11.3 Å². The zero-order valence-corrected chi connectivity index (χ0v) is 11.3. The molecule has 0 radical (unpaired) electrons. The Labute approximate surface area is 118 Å². The Morgan fingerprint density at radius 3 is 2.75 bits per heavy atom. The number of ether oxygens (including phenoxy) is 1. The van der Waals surface area contributed by atoms with E-state index >= 15 is 0 Å². The summed E-state index contributed by atoms with van der Waals surface area (Å²) in [7, 11) is 0. The predicted octanol–water partition coefficient (Wildman–Crippen LogP) is 1.18. The van der Waals surface area contributed by atoms with Crippen molar-refractivity contribution in [3.05, 3.63) is 42.1 Å². The fourth-order valence-electron chi connectivity index (χ4n) is 2.31. The van der Waals surface area contributed by atoms with Crippen LogP contribution in [0.1, 0.15) is 5.69 Å². The molecule has 0 aliphatic carbocycles. The van der Waals surface area contributed by atoms with Gasteiger partial charge in [0, 0.05) is 24.3 Å². The SMILES string of the molecule is OCC1(CNCc2cc(-c3ccccc3)n[nH]2)COC1. The molecule has 5 nitrogen and oxygen atoms in total. The Hall–Kier alpha value is -1.69. The Bertz CT molecular complexity index is 544. The van der Waals surface area contributed by atoms with E-state index in [1.165, 1.54) is 0 Å². The average Bonchev–Trinajstić information content (AvgIpc) is 2.92. The molecule has 106 valence electrons. The van der Waals surface area contributed by atoms with E-state index in [0.717, 1.165) is 23.5 Å². The van der Waals surface area contributed by atoms with Crippen LogP contribution in [-0.4, -0.2) is 41.7 Å². The summed E-state index contributed by atoms with van der Waals surface area (Å²) in [5, 5.41) is 20.1. The van der Waals surface area contributed by atoms with E-state index in [0.29, 0.717) is 19.8 Å². The summed E-state index contributed by atoms with van der Waals surface area (Å²) in [6.07, 6.45) is 0. The highest BCUT2D eigenvalue weighted by molar-refractivity contribution is 5.58. The van der Waals surface area contributed by atoms with Gasteiger partial charge in [-0.05, 0) is 6.07 Å². The Balaban J connectivity index is 1.55. The van der Waals surface area contributed by atoms with Crippen molar-refractivity contribution in [2.45, 2.75) is 6.54 Å². The molecule has 5 heteroatoms. The molecule has 0 spiro atoms. The van der Waals surface area contributed by atoms with Crippen LogP contribution < -0.4 is 5.32 Å². The Kier molecular flexibility index (Phi) is 3.82. The molecular weight excluding hydrogens is 254 g/mol. The summed E-state index contributed by atoms with van der Waals surface area (Å²) in [5.74, 6) is 0. The van der Waals surface area contributed by atoms with Crippen LogP contribution in [0.5, 0.6) is 0 Å². The third kappa shape index (κ3) is 2.75. The fourth-order valence-corrected chi connectivity index (χ4v) is 2.31. The molecule has 3 N–H and O–H groups in total. The van der Waals surface area contributed by atoms with E-state index in [2.05, 4.69) is 15.5 Å². The molecule has 20 heavy (non-hydrogen) atoms. The quantitative estimate of drug-likeness (QED) is 0.739. The second kappa shape index (κ2) is 5.75. The lowest BCUT2D eigenvalue weighted by Crippen LogP contribution is -2.52. The van der Waals surface area contributed by atoms with Crippen LogP contribution in [0.15, 0.2) is 36.4 Å². The number of nitrogens with one attached hydrogen (secondary N) is 2. The highest BCUT2D eigenvalue weighted by Crippen LogP contribution is 2.25. The molecule has 0 saturated carbocycles. The van der Waals surface area contributed by atoms with E-state index < -0.39 is 0 Å². The monoisotopic (exact) mass is 273 g/mol. The number of aromatic nitrogens is 2. The van der Waals surface area contributed by atoms with E-state index in [9.17, 15) is 5.11 Å².